The fraction of sp³-hybridized carbons (Fsp3) is 0.480. The predicted octanol–water partition coefficient (Wildman–Crippen LogP) is 5.59. The number of carbonyl (C=O) groups is 1. The number of hydrogen-bond donors (Lipinski definition) is 0. The summed E-state index contributed by atoms with van der Waals surface area (Å²) in [6.07, 6.45) is 0.0994. The maximum atomic E-state index is 11.6. The lowest BCUT2D eigenvalue weighted by Crippen LogP contribution is -2.19. The number of rotatable bonds is 7. The Labute approximate surface area is 191 Å². The molecule has 32 heavy (non-hydrogen) atoms. The standard InChI is InChI=1S/C25H35N3O4/c1-10-28-22(21(15-26-8)17(3)27-28)23(31-18(4)32-24(29)30-9)16(2)19-11-13-20(14-12-19)25(5,6)7/h11-15,18H,10H2,1-9H3/b23-16-,26-15-. The third-order valence-corrected chi connectivity index (χ3v) is 5.18. The molecule has 0 radical (unpaired) electrons. The molecule has 7 nitrogen and oxygen atoms in total. The zero-order chi connectivity index (χ0) is 24.1. The van der Waals surface area contributed by atoms with Crippen LogP contribution >= 0.6 is 0 Å². The Morgan fingerprint density at radius 3 is 2.34 bits per heavy atom. The predicted molar refractivity (Wildman–Crippen MR) is 128 cm³/mol. The van der Waals surface area contributed by atoms with Gasteiger partial charge in [-0.05, 0) is 37.3 Å². The minimum atomic E-state index is -0.867. The summed E-state index contributed by atoms with van der Waals surface area (Å²) in [5.41, 5.74) is 5.68. The van der Waals surface area contributed by atoms with Gasteiger partial charge in [-0.1, -0.05) is 45.0 Å². The van der Waals surface area contributed by atoms with E-state index in [1.54, 1.807) is 20.2 Å². The highest BCUT2D eigenvalue weighted by atomic mass is 16.8. The van der Waals surface area contributed by atoms with Crippen molar-refractivity contribution >= 4 is 23.7 Å². The van der Waals surface area contributed by atoms with Gasteiger partial charge in [0.15, 0.2) is 5.76 Å². The van der Waals surface area contributed by atoms with Gasteiger partial charge < -0.3 is 14.2 Å². The van der Waals surface area contributed by atoms with Crippen LogP contribution in [0.15, 0.2) is 29.3 Å². The molecule has 1 unspecified atom stereocenters. The van der Waals surface area contributed by atoms with E-state index in [1.807, 2.05) is 25.5 Å². The van der Waals surface area contributed by atoms with Gasteiger partial charge in [-0.25, -0.2) is 4.79 Å². The number of benzene rings is 1. The van der Waals surface area contributed by atoms with Crippen molar-refractivity contribution < 1.29 is 19.0 Å². The molecule has 0 aliphatic rings. The molecular formula is C25H35N3O4. The molecule has 0 amide bonds. The summed E-state index contributed by atoms with van der Waals surface area (Å²) >= 11 is 0. The number of aromatic nitrogens is 2. The van der Waals surface area contributed by atoms with E-state index in [-0.39, 0.29) is 5.41 Å². The van der Waals surface area contributed by atoms with Gasteiger partial charge in [0.25, 0.3) is 0 Å². The molecule has 1 heterocycles. The average Bonchev–Trinajstić information content (AvgIpc) is 3.06. The van der Waals surface area contributed by atoms with Crippen LogP contribution in [-0.2, 0) is 26.2 Å². The lowest BCUT2D eigenvalue weighted by atomic mass is 9.86. The summed E-state index contributed by atoms with van der Waals surface area (Å²) in [6, 6.07) is 8.42. The molecular weight excluding hydrogens is 406 g/mol. The molecule has 0 saturated carbocycles. The lowest BCUT2D eigenvalue weighted by molar-refractivity contribution is -0.0620. The number of aryl methyl sites for hydroxylation is 2. The van der Waals surface area contributed by atoms with Crippen LogP contribution in [0.1, 0.15) is 69.6 Å². The molecule has 1 aromatic heterocycles. The van der Waals surface area contributed by atoms with Crippen molar-refractivity contribution in [3.8, 4) is 0 Å². The van der Waals surface area contributed by atoms with E-state index in [1.165, 1.54) is 12.7 Å². The van der Waals surface area contributed by atoms with Crippen molar-refractivity contribution in [3.63, 3.8) is 0 Å². The fourth-order valence-corrected chi connectivity index (χ4v) is 3.39. The number of nitrogens with zero attached hydrogens (tertiary/aromatic N) is 3. The molecule has 0 aliphatic carbocycles. The summed E-state index contributed by atoms with van der Waals surface area (Å²) in [5, 5.41) is 4.65. The topological polar surface area (TPSA) is 74.9 Å². The summed E-state index contributed by atoms with van der Waals surface area (Å²) in [4.78, 5) is 15.8. The van der Waals surface area contributed by atoms with Crippen LogP contribution in [0.2, 0.25) is 0 Å². The van der Waals surface area contributed by atoms with Crippen LogP contribution in [0.25, 0.3) is 11.3 Å². The molecule has 0 bridgehead atoms. The van der Waals surface area contributed by atoms with Crippen molar-refractivity contribution in [2.24, 2.45) is 4.99 Å². The van der Waals surface area contributed by atoms with Crippen molar-refractivity contribution in [1.29, 1.82) is 0 Å². The van der Waals surface area contributed by atoms with Crippen LogP contribution in [0, 0.1) is 6.92 Å². The Morgan fingerprint density at radius 2 is 1.84 bits per heavy atom. The van der Waals surface area contributed by atoms with Gasteiger partial charge in [0, 0.05) is 37.9 Å². The quantitative estimate of drug-likeness (QED) is 0.242. The second-order valence-electron chi connectivity index (χ2n) is 8.59. The third kappa shape index (κ3) is 5.78. The first-order valence-corrected chi connectivity index (χ1v) is 10.8. The van der Waals surface area contributed by atoms with E-state index in [0.717, 1.165) is 28.1 Å². The van der Waals surface area contributed by atoms with Crippen LogP contribution in [0.3, 0.4) is 0 Å². The Morgan fingerprint density at radius 1 is 1.22 bits per heavy atom. The van der Waals surface area contributed by atoms with Crippen molar-refractivity contribution in [2.75, 3.05) is 14.2 Å². The van der Waals surface area contributed by atoms with Crippen molar-refractivity contribution in [3.05, 3.63) is 52.3 Å². The van der Waals surface area contributed by atoms with Crippen LogP contribution in [0.5, 0.6) is 0 Å². The summed E-state index contributed by atoms with van der Waals surface area (Å²) in [7, 11) is 2.98. The van der Waals surface area contributed by atoms with E-state index in [4.69, 9.17) is 9.47 Å². The molecule has 0 N–H and O–H groups in total. The van der Waals surface area contributed by atoms with Gasteiger partial charge in [0.1, 0.15) is 5.69 Å². The largest absolute Gasteiger partial charge is 0.511 e. The fourth-order valence-electron chi connectivity index (χ4n) is 3.39. The average molecular weight is 442 g/mol. The molecule has 0 saturated heterocycles. The smallest absolute Gasteiger partial charge is 0.452 e. The molecule has 0 aliphatic heterocycles. The molecule has 1 atom stereocenters. The van der Waals surface area contributed by atoms with E-state index in [2.05, 4.69) is 59.9 Å². The Hall–Kier alpha value is -3.09. The summed E-state index contributed by atoms with van der Waals surface area (Å²) < 4.78 is 17.9. The van der Waals surface area contributed by atoms with Crippen LogP contribution in [0.4, 0.5) is 4.79 Å². The molecule has 2 rings (SSSR count). The Balaban J connectivity index is 2.68. The first-order valence-electron chi connectivity index (χ1n) is 10.8. The third-order valence-electron chi connectivity index (χ3n) is 5.18. The van der Waals surface area contributed by atoms with Gasteiger partial charge in [-0.2, -0.15) is 5.10 Å². The maximum absolute atomic E-state index is 11.6. The van der Waals surface area contributed by atoms with Crippen LogP contribution < -0.4 is 0 Å². The Bertz CT molecular complexity index is 995. The highest BCUT2D eigenvalue weighted by Crippen LogP contribution is 2.33. The molecule has 0 fully saturated rings. The molecule has 7 heteroatoms. The van der Waals surface area contributed by atoms with Crippen molar-refractivity contribution in [1.82, 2.24) is 9.78 Å². The number of hydrogen-bond acceptors (Lipinski definition) is 6. The van der Waals surface area contributed by atoms with Crippen LogP contribution in [-0.4, -0.2) is 42.6 Å². The summed E-state index contributed by atoms with van der Waals surface area (Å²) in [5.74, 6) is 0.572. The first kappa shape index (κ1) is 25.2. The SMILES string of the molecule is CCn1nc(C)c(/C=N\C)c1/C(OC(C)OC(=O)OC)=C(\C)c1ccc(C(C)(C)C)cc1. The molecule has 174 valence electrons. The lowest BCUT2D eigenvalue weighted by Gasteiger charge is -2.22. The van der Waals surface area contributed by atoms with E-state index >= 15 is 0 Å². The van der Waals surface area contributed by atoms with Crippen molar-refractivity contribution in [2.45, 2.75) is 66.7 Å². The normalized spacial score (nSPS) is 13.7. The Kier molecular flexibility index (Phi) is 8.25. The number of allylic oxidation sites excluding steroid dienone is 1. The van der Waals surface area contributed by atoms with E-state index < -0.39 is 12.4 Å². The second kappa shape index (κ2) is 10.5. The number of ether oxygens (including phenoxy) is 3. The number of carbonyl (C=O) groups excluding carboxylic acids is 1. The van der Waals surface area contributed by atoms with Gasteiger partial charge >= 0.3 is 6.16 Å². The first-order chi connectivity index (χ1) is 15.0. The minimum Gasteiger partial charge on any atom is -0.452 e. The number of methoxy groups -OCH3 is 1. The number of aliphatic imine (C=N–C) groups is 1. The second-order valence-corrected chi connectivity index (χ2v) is 8.59. The minimum absolute atomic E-state index is 0.0566. The highest BCUT2D eigenvalue weighted by Gasteiger charge is 2.24. The zero-order valence-electron chi connectivity index (χ0n) is 20.6. The van der Waals surface area contributed by atoms with E-state index in [0.29, 0.717) is 12.3 Å². The molecule has 2 aromatic rings. The van der Waals surface area contributed by atoms with Gasteiger partial charge in [0.2, 0.25) is 6.29 Å². The monoisotopic (exact) mass is 441 g/mol. The zero-order valence-corrected chi connectivity index (χ0v) is 20.6. The maximum Gasteiger partial charge on any atom is 0.511 e. The highest BCUT2D eigenvalue weighted by molar-refractivity contribution is 5.94. The van der Waals surface area contributed by atoms with E-state index in [9.17, 15) is 4.79 Å². The van der Waals surface area contributed by atoms with Gasteiger partial charge in [-0.15, -0.1) is 0 Å². The molecule has 1 aromatic carbocycles. The molecule has 0 spiro atoms. The summed E-state index contributed by atoms with van der Waals surface area (Å²) in [6.45, 7) is 14.8. The van der Waals surface area contributed by atoms with Gasteiger partial charge in [0.05, 0.1) is 12.8 Å². The van der Waals surface area contributed by atoms with Gasteiger partial charge in [-0.3, -0.25) is 9.67 Å².